The molecule has 0 fully saturated rings. The maximum absolute atomic E-state index is 12.7. The molecule has 2 aromatic carbocycles. The molecule has 172 valence electrons. The zero-order chi connectivity index (χ0) is 23.3. The highest BCUT2D eigenvalue weighted by molar-refractivity contribution is 7.99. The van der Waals surface area contributed by atoms with Crippen molar-refractivity contribution in [2.45, 2.75) is 32.4 Å². The Morgan fingerprint density at radius 3 is 2.50 bits per heavy atom. The first-order valence-electron chi connectivity index (χ1n) is 10.6. The van der Waals surface area contributed by atoms with E-state index in [1.54, 1.807) is 31.4 Å². The summed E-state index contributed by atoms with van der Waals surface area (Å²) in [5, 5.41) is 8.83. The van der Waals surface area contributed by atoms with Gasteiger partial charge in [-0.15, -0.1) is 11.8 Å². The van der Waals surface area contributed by atoms with Crippen molar-refractivity contribution in [2.75, 3.05) is 26.1 Å². The zero-order valence-electron chi connectivity index (χ0n) is 18.8. The van der Waals surface area contributed by atoms with E-state index in [0.717, 1.165) is 24.0 Å². The first-order valence-corrected chi connectivity index (χ1v) is 11.7. The lowest BCUT2D eigenvalue weighted by Crippen LogP contribution is -2.01. The van der Waals surface area contributed by atoms with Crippen LogP contribution in [0, 0.1) is 0 Å². The molecule has 0 aliphatic carbocycles. The lowest BCUT2D eigenvalue weighted by molar-refractivity contribution is -0.133. The monoisotopic (exact) mass is 458 g/mol. The van der Waals surface area contributed by atoms with Gasteiger partial charge in [0.2, 0.25) is 0 Å². The molecule has 0 aromatic heterocycles. The van der Waals surface area contributed by atoms with E-state index in [1.807, 2.05) is 25.1 Å². The second-order valence-corrected chi connectivity index (χ2v) is 7.94. The summed E-state index contributed by atoms with van der Waals surface area (Å²) in [5.74, 6) is 1.38. The summed E-state index contributed by atoms with van der Waals surface area (Å²) in [5.41, 5.74) is 2.12. The molecule has 0 aliphatic heterocycles. The molecule has 0 atom stereocenters. The van der Waals surface area contributed by atoms with Gasteiger partial charge in [-0.3, -0.25) is 9.59 Å². The van der Waals surface area contributed by atoms with Crippen LogP contribution in [0.15, 0.2) is 42.5 Å². The van der Waals surface area contributed by atoms with E-state index < -0.39 is 5.97 Å². The summed E-state index contributed by atoms with van der Waals surface area (Å²) in [6.45, 7) is 5.18. The number of carbonyl (C=O) groups is 2. The normalized spacial score (nSPS) is 10.8. The number of aliphatic carboxylic acids is 1. The molecule has 0 unspecified atom stereocenters. The predicted molar refractivity (Wildman–Crippen MR) is 128 cm³/mol. The van der Waals surface area contributed by atoms with Gasteiger partial charge in [0.25, 0.3) is 0 Å². The van der Waals surface area contributed by atoms with Crippen LogP contribution in [0.5, 0.6) is 17.2 Å². The van der Waals surface area contributed by atoms with E-state index in [4.69, 9.17) is 19.3 Å². The van der Waals surface area contributed by atoms with Gasteiger partial charge in [0.1, 0.15) is 5.75 Å². The van der Waals surface area contributed by atoms with Gasteiger partial charge in [0, 0.05) is 16.9 Å². The zero-order valence-corrected chi connectivity index (χ0v) is 19.6. The topological polar surface area (TPSA) is 82.1 Å². The number of hydrogen-bond acceptors (Lipinski definition) is 6. The molecule has 32 heavy (non-hydrogen) atoms. The van der Waals surface area contributed by atoms with Gasteiger partial charge in [0.15, 0.2) is 17.3 Å². The van der Waals surface area contributed by atoms with Crippen LogP contribution in [0.3, 0.4) is 0 Å². The molecule has 1 N–H and O–H groups in total. The fourth-order valence-electron chi connectivity index (χ4n) is 2.90. The fourth-order valence-corrected chi connectivity index (χ4v) is 3.63. The molecule has 0 saturated carbocycles. The second-order valence-electron chi connectivity index (χ2n) is 6.95. The second kappa shape index (κ2) is 13.5. The predicted octanol–water partition coefficient (Wildman–Crippen LogP) is 5.49. The number of methoxy groups -OCH3 is 1. The van der Waals surface area contributed by atoms with Crippen LogP contribution in [0.25, 0.3) is 6.08 Å². The highest BCUT2D eigenvalue weighted by Gasteiger charge is 2.10. The van der Waals surface area contributed by atoms with Crippen molar-refractivity contribution in [2.24, 2.45) is 0 Å². The molecule has 7 heteroatoms. The molecule has 0 spiro atoms. The number of thioether (sulfide) groups is 1. The summed E-state index contributed by atoms with van der Waals surface area (Å²) in [6.07, 6.45) is 5.28. The largest absolute Gasteiger partial charge is 0.496 e. The summed E-state index contributed by atoms with van der Waals surface area (Å²) >= 11 is 1.25. The molecule has 0 heterocycles. The lowest BCUT2D eigenvalue weighted by atomic mass is 10.1. The minimum absolute atomic E-state index is 0.0124. The highest BCUT2D eigenvalue weighted by atomic mass is 32.2. The van der Waals surface area contributed by atoms with Crippen molar-refractivity contribution >= 4 is 29.6 Å². The van der Waals surface area contributed by atoms with Gasteiger partial charge in [-0.2, -0.15) is 0 Å². The summed E-state index contributed by atoms with van der Waals surface area (Å²) in [7, 11) is 1.55. The van der Waals surface area contributed by atoms with E-state index in [1.165, 1.54) is 17.8 Å². The number of carbonyl (C=O) groups excluding carboxylic acids is 1. The van der Waals surface area contributed by atoms with Gasteiger partial charge in [-0.1, -0.05) is 25.5 Å². The number of carboxylic acid groups (broad SMARTS) is 1. The van der Waals surface area contributed by atoms with E-state index in [2.05, 4.69) is 6.92 Å². The summed E-state index contributed by atoms with van der Waals surface area (Å²) in [4.78, 5) is 23.5. The molecule has 0 saturated heterocycles. The van der Waals surface area contributed by atoms with Crippen LogP contribution in [0.2, 0.25) is 0 Å². The number of ether oxygens (including phenoxy) is 3. The molecule has 0 amide bonds. The fraction of sp³-hybridized carbons (Fsp3) is 0.360. The molecule has 0 aliphatic rings. The lowest BCUT2D eigenvalue weighted by Gasteiger charge is -2.12. The van der Waals surface area contributed by atoms with Crippen molar-refractivity contribution < 1.29 is 28.9 Å². The Kier molecular flexibility index (Phi) is 10.7. The number of allylic oxidation sites excluding steroid dienone is 1. The third kappa shape index (κ3) is 7.96. The van der Waals surface area contributed by atoms with Gasteiger partial charge < -0.3 is 19.3 Å². The average molecular weight is 459 g/mol. The maximum Gasteiger partial charge on any atom is 0.313 e. The standard InChI is InChI=1S/C25H30O6S/c1-4-6-13-31-23-11-8-18(14-24(23)30-5-2)7-10-21(26)19-9-12-22(29-3)20(15-19)16-32-17-25(27)28/h7-12,14-15H,4-6,13,16-17H2,1-3H3,(H,27,28)/b10-7+. The molecule has 2 rings (SSSR count). The van der Waals surface area contributed by atoms with Crippen LogP contribution in [-0.4, -0.2) is 42.9 Å². The minimum Gasteiger partial charge on any atom is -0.496 e. The highest BCUT2D eigenvalue weighted by Crippen LogP contribution is 2.29. The van der Waals surface area contributed by atoms with Gasteiger partial charge in [0.05, 0.1) is 26.1 Å². The van der Waals surface area contributed by atoms with Crippen molar-refractivity contribution in [3.63, 3.8) is 0 Å². The number of rotatable bonds is 14. The first kappa shape index (κ1) is 25.3. The van der Waals surface area contributed by atoms with Gasteiger partial charge in [-0.25, -0.2) is 0 Å². The number of benzene rings is 2. The molecule has 2 aromatic rings. The quantitative estimate of drug-likeness (QED) is 0.228. The van der Waals surface area contributed by atoms with E-state index in [9.17, 15) is 9.59 Å². The Hall–Kier alpha value is -2.93. The minimum atomic E-state index is -0.877. The van der Waals surface area contributed by atoms with Crippen molar-refractivity contribution in [1.29, 1.82) is 0 Å². The average Bonchev–Trinajstić information content (AvgIpc) is 2.78. The van der Waals surface area contributed by atoms with E-state index >= 15 is 0 Å². The van der Waals surface area contributed by atoms with Gasteiger partial charge in [-0.05, 0) is 55.3 Å². The van der Waals surface area contributed by atoms with Crippen LogP contribution in [0.4, 0.5) is 0 Å². The Morgan fingerprint density at radius 2 is 1.81 bits per heavy atom. The summed E-state index contributed by atoms with van der Waals surface area (Å²) in [6, 6.07) is 10.8. The van der Waals surface area contributed by atoms with Crippen LogP contribution in [-0.2, 0) is 10.5 Å². The van der Waals surface area contributed by atoms with Crippen LogP contribution < -0.4 is 14.2 Å². The van der Waals surface area contributed by atoms with Gasteiger partial charge >= 0.3 is 5.97 Å². The Morgan fingerprint density at radius 1 is 1.03 bits per heavy atom. The smallest absolute Gasteiger partial charge is 0.313 e. The third-order valence-corrected chi connectivity index (χ3v) is 5.46. The Labute approximate surface area is 193 Å². The molecular weight excluding hydrogens is 428 g/mol. The Bertz CT molecular complexity index is 938. The number of ketones is 1. The summed E-state index contributed by atoms with van der Waals surface area (Å²) < 4.78 is 16.8. The van der Waals surface area contributed by atoms with Crippen molar-refractivity contribution in [3.05, 3.63) is 59.2 Å². The van der Waals surface area contributed by atoms with E-state index in [0.29, 0.717) is 41.8 Å². The molecule has 0 radical (unpaired) electrons. The van der Waals surface area contributed by atoms with E-state index in [-0.39, 0.29) is 11.5 Å². The van der Waals surface area contributed by atoms with Crippen LogP contribution in [0.1, 0.15) is 48.2 Å². The molecule has 6 nitrogen and oxygen atoms in total. The Balaban J connectivity index is 2.14. The third-order valence-electron chi connectivity index (χ3n) is 4.50. The molecular formula is C25H30O6S. The SMILES string of the molecule is CCCCOc1ccc(/C=C/C(=O)c2ccc(OC)c(CSCC(=O)O)c2)cc1OCC. The van der Waals surface area contributed by atoms with Crippen molar-refractivity contribution in [3.8, 4) is 17.2 Å². The maximum atomic E-state index is 12.7. The number of hydrogen-bond donors (Lipinski definition) is 1. The number of unbranched alkanes of at least 4 members (excludes halogenated alkanes) is 1. The molecule has 0 bridgehead atoms. The van der Waals surface area contributed by atoms with Crippen LogP contribution >= 0.6 is 11.8 Å². The first-order chi connectivity index (χ1) is 15.5. The number of carboxylic acids is 1. The van der Waals surface area contributed by atoms with Crippen molar-refractivity contribution in [1.82, 2.24) is 0 Å².